The van der Waals surface area contributed by atoms with Crippen LogP contribution in [0.5, 0.6) is 17.2 Å². The van der Waals surface area contributed by atoms with E-state index in [0.717, 1.165) is 5.56 Å². The first-order valence-electron chi connectivity index (χ1n) is 9.69. The number of methoxy groups -OCH3 is 1. The first-order valence-corrected chi connectivity index (χ1v) is 10.9. The van der Waals surface area contributed by atoms with Crippen LogP contribution < -0.4 is 19.6 Å². The molecule has 9 heteroatoms. The van der Waals surface area contributed by atoms with Crippen molar-refractivity contribution in [1.82, 2.24) is 5.43 Å². The summed E-state index contributed by atoms with van der Waals surface area (Å²) < 4.78 is 17.3. The van der Waals surface area contributed by atoms with Gasteiger partial charge in [0.2, 0.25) is 0 Å². The fraction of sp³-hybridized carbons (Fsp3) is 0.125. The molecule has 33 heavy (non-hydrogen) atoms. The molecule has 0 aliphatic carbocycles. The molecular weight excluding hydrogens is 510 g/mol. The summed E-state index contributed by atoms with van der Waals surface area (Å²) in [6.45, 7) is -0.0238. The van der Waals surface area contributed by atoms with Crippen molar-refractivity contribution in [2.75, 3.05) is 13.7 Å². The molecule has 3 aromatic rings. The SMILES string of the molecule is COc1cc(/C=N\NC(=O)COc2ccccc2Cl)c(Br)cc1OCc1ccccc1C#N. The largest absolute Gasteiger partial charge is 0.493 e. The van der Waals surface area contributed by atoms with Gasteiger partial charge in [-0.15, -0.1) is 0 Å². The van der Waals surface area contributed by atoms with Gasteiger partial charge in [0.25, 0.3) is 5.91 Å². The molecule has 0 aliphatic heterocycles. The molecule has 0 atom stereocenters. The molecule has 0 aliphatic rings. The standard InChI is InChI=1S/C24H19BrClN3O4/c1-31-22-10-18(13-28-29-24(30)15-33-21-9-5-4-8-20(21)26)19(25)11-23(22)32-14-17-7-3-2-6-16(17)12-27/h2-11,13H,14-15H2,1H3,(H,29,30)/b28-13-. The van der Waals surface area contributed by atoms with Crippen molar-refractivity contribution in [3.8, 4) is 23.3 Å². The van der Waals surface area contributed by atoms with Crippen LogP contribution in [0.25, 0.3) is 0 Å². The Morgan fingerprint density at radius 2 is 1.88 bits per heavy atom. The highest BCUT2D eigenvalue weighted by atomic mass is 79.9. The van der Waals surface area contributed by atoms with Gasteiger partial charge in [0, 0.05) is 15.6 Å². The number of carbonyl (C=O) groups is 1. The molecule has 0 heterocycles. The lowest BCUT2D eigenvalue weighted by molar-refractivity contribution is -0.123. The number of nitrogens with zero attached hydrogens (tertiary/aromatic N) is 2. The Labute approximate surface area is 204 Å². The van der Waals surface area contributed by atoms with Gasteiger partial charge in [-0.1, -0.05) is 41.9 Å². The van der Waals surface area contributed by atoms with Crippen molar-refractivity contribution in [3.63, 3.8) is 0 Å². The minimum Gasteiger partial charge on any atom is -0.493 e. The molecule has 1 amide bonds. The van der Waals surface area contributed by atoms with Gasteiger partial charge in [-0.05, 0) is 46.3 Å². The summed E-state index contributed by atoms with van der Waals surface area (Å²) >= 11 is 9.47. The topological polar surface area (TPSA) is 92.9 Å². The van der Waals surface area contributed by atoms with E-state index in [1.54, 1.807) is 48.5 Å². The Kier molecular flexibility index (Phi) is 8.70. The van der Waals surface area contributed by atoms with Crippen molar-refractivity contribution in [2.24, 2.45) is 5.10 Å². The van der Waals surface area contributed by atoms with Crippen molar-refractivity contribution in [2.45, 2.75) is 6.61 Å². The zero-order valence-corrected chi connectivity index (χ0v) is 19.9. The van der Waals surface area contributed by atoms with E-state index >= 15 is 0 Å². The number of halogens is 2. The number of rotatable bonds is 9. The molecule has 0 unspecified atom stereocenters. The van der Waals surface area contributed by atoms with Crippen LogP contribution in [-0.2, 0) is 11.4 Å². The Bertz CT molecular complexity index is 1210. The van der Waals surface area contributed by atoms with Gasteiger partial charge < -0.3 is 14.2 Å². The maximum atomic E-state index is 12.0. The number of nitriles is 1. The van der Waals surface area contributed by atoms with Crippen LogP contribution in [0, 0.1) is 11.3 Å². The summed E-state index contributed by atoms with van der Waals surface area (Å²) in [6.07, 6.45) is 1.47. The Morgan fingerprint density at radius 1 is 1.12 bits per heavy atom. The van der Waals surface area contributed by atoms with Gasteiger partial charge in [0.15, 0.2) is 18.1 Å². The van der Waals surface area contributed by atoms with E-state index in [2.05, 4.69) is 32.5 Å². The number of amides is 1. The molecule has 3 aromatic carbocycles. The molecule has 168 valence electrons. The molecule has 0 saturated heterocycles. The third-order valence-electron chi connectivity index (χ3n) is 4.39. The number of hydrazone groups is 1. The fourth-order valence-electron chi connectivity index (χ4n) is 2.74. The highest BCUT2D eigenvalue weighted by Gasteiger charge is 2.11. The smallest absolute Gasteiger partial charge is 0.277 e. The van der Waals surface area contributed by atoms with Crippen LogP contribution >= 0.6 is 27.5 Å². The van der Waals surface area contributed by atoms with E-state index in [0.29, 0.717) is 37.9 Å². The summed E-state index contributed by atoms with van der Waals surface area (Å²) in [6, 6.07) is 19.7. The lowest BCUT2D eigenvalue weighted by Gasteiger charge is -2.13. The van der Waals surface area contributed by atoms with E-state index in [4.69, 9.17) is 25.8 Å². The minimum atomic E-state index is -0.439. The summed E-state index contributed by atoms with van der Waals surface area (Å²) in [4.78, 5) is 12.0. The number of para-hydroxylation sites is 1. The number of ether oxygens (including phenoxy) is 3. The average Bonchev–Trinajstić information content (AvgIpc) is 2.83. The van der Waals surface area contributed by atoms with Gasteiger partial charge in [-0.3, -0.25) is 4.79 Å². The van der Waals surface area contributed by atoms with E-state index < -0.39 is 5.91 Å². The maximum absolute atomic E-state index is 12.0. The number of benzene rings is 3. The summed E-state index contributed by atoms with van der Waals surface area (Å²) in [5.74, 6) is 0.943. The predicted molar refractivity (Wildman–Crippen MR) is 129 cm³/mol. The summed E-state index contributed by atoms with van der Waals surface area (Å²) in [7, 11) is 1.52. The predicted octanol–water partition coefficient (Wildman–Crippen LogP) is 5.09. The van der Waals surface area contributed by atoms with Crippen LogP contribution in [0.3, 0.4) is 0 Å². The van der Waals surface area contributed by atoms with Crippen LogP contribution in [0.4, 0.5) is 0 Å². The van der Waals surface area contributed by atoms with Crippen molar-refractivity contribution < 1.29 is 19.0 Å². The van der Waals surface area contributed by atoms with Crippen LogP contribution in [0.15, 0.2) is 70.2 Å². The van der Waals surface area contributed by atoms with E-state index in [9.17, 15) is 10.1 Å². The van der Waals surface area contributed by atoms with Gasteiger partial charge in [-0.25, -0.2) is 5.43 Å². The Hall–Kier alpha value is -3.54. The van der Waals surface area contributed by atoms with Crippen LogP contribution in [-0.4, -0.2) is 25.8 Å². The average molecular weight is 529 g/mol. The first kappa shape index (κ1) is 24.1. The summed E-state index contributed by atoms with van der Waals surface area (Å²) in [5.41, 5.74) is 4.37. The van der Waals surface area contributed by atoms with Gasteiger partial charge >= 0.3 is 0 Å². The molecule has 1 N–H and O–H groups in total. The maximum Gasteiger partial charge on any atom is 0.277 e. The third-order valence-corrected chi connectivity index (χ3v) is 5.39. The second-order valence-corrected chi connectivity index (χ2v) is 7.86. The minimum absolute atomic E-state index is 0.210. The van der Waals surface area contributed by atoms with E-state index in [1.807, 2.05) is 12.1 Å². The number of hydrogen-bond acceptors (Lipinski definition) is 6. The second kappa shape index (κ2) is 11.9. The van der Waals surface area contributed by atoms with Crippen LogP contribution in [0.2, 0.25) is 5.02 Å². The molecule has 0 aromatic heterocycles. The molecule has 0 spiro atoms. The lowest BCUT2D eigenvalue weighted by Crippen LogP contribution is -2.24. The fourth-order valence-corrected chi connectivity index (χ4v) is 3.36. The van der Waals surface area contributed by atoms with Crippen molar-refractivity contribution in [3.05, 3.63) is 86.8 Å². The first-order chi connectivity index (χ1) is 16.0. The van der Waals surface area contributed by atoms with Gasteiger partial charge in [0.05, 0.1) is 30.0 Å². The second-order valence-electron chi connectivity index (χ2n) is 6.59. The number of nitrogens with one attached hydrogen (secondary N) is 1. The quantitative estimate of drug-likeness (QED) is 0.308. The molecule has 7 nitrogen and oxygen atoms in total. The molecule has 3 rings (SSSR count). The normalized spacial score (nSPS) is 10.5. The third kappa shape index (κ3) is 6.72. The molecular formula is C24H19BrClN3O4. The Balaban J connectivity index is 1.61. The van der Waals surface area contributed by atoms with E-state index in [1.165, 1.54) is 13.3 Å². The monoisotopic (exact) mass is 527 g/mol. The van der Waals surface area contributed by atoms with Gasteiger partial charge in [-0.2, -0.15) is 10.4 Å². The zero-order chi connectivity index (χ0) is 23.6. The van der Waals surface area contributed by atoms with Crippen molar-refractivity contribution in [1.29, 1.82) is 5.26 Å². The highest BCUT2D eigenvalue weighted by Crippen LogP contribution is 2.33. The molecule has 0 radical (unpaired) electrons. The number of carbonyl (C=O) groups excluding carboxylic acids is 1. The zero-order valence-electron chi connectivity index (χ0n) is 17.5. The highest BCUT2D eigenvalue weighted by molar-refractivity contribution is 9.10. The number of hydrogen-bond donors (Lipinski definition) is 1. The molecule has 0 bridgehead atoms. The van der Waals surface area contributed by atoms with Crippen LogP contribution in [0.1, 0.15) is 16.7 Å². The Morgan fingerprint density at radius 3 is 2.64 bits per heavy atom. The molecule has 0 fully saturated rings. The summed E-state index contributed by atoms with van der Waals surface area (Å²) in [5, 5.41) is 13.6. The molecule has 0 saturated carbocycles. The lowest BCUT2D eigenvalue weighted by atomic mass is 10.1. The van der Waals surface area contributed by atoms with Crippen molar-refractivity contribution >= 4 is 39.7 Å². The van der Waals surface area contributed by atoms with E-state index in [-0.39, 0.29) is 13.2 Å². The van der Waals surface area contributed by atoms with Gasteiger partial charge in [0.1, 0.15) is 12.4 Å².